The van der Waals surface area contributed by atoms with Gasteiger partial charge >= 0.3 is 13.8 Å². The number of unbranched alkanes of at least 4 members (excludes halogenated alkanes) is 4. The molecule has 4 saturated carbocycles. The molecule has 6 aliphatic rings. The Labute approximate surface area is 456 Å². The molecule has 2 aromatic rings. The monoisotopic (exact) mass is 1090 g/mol. The first kappa shape index (κ1) is 59.5. The molecule has 5 aliphatic carbocycles. The second-order valence-electron chi connectivity index (χ2n) is 23.5. The van der Waals surface area contributed by atoms with Crippen molar-refractivity contribution >= 4 is 25.4 Å². The first-order valence-electron chi connectivity index (χ1n) is 28.9. The Morgan fingerprint density at radius 2 is 1.64 bits per heavy atom. The van der Waals surface area contributed by atoms with Gasteiger partial charge in [-0.05, 0) is 137 Å². The molecule has 1 aliphatic heterocycles. The van der Waals surface area contributed by atoms with Gasteiger partial charge in [-0.2, -0.15) is 0 Å². The number of aryl methyl sites for hydroxylation is 1. The second-order valence-corrected chi connectivity index (χ2v) is 24.8. The number of likely N-dealkylation sites (N-methyl/N-ethyl adjacent to an activating group) is 1. The van der Waals surface area contributed by atoms with Gasteiger partial charge in [0.1, 0.15) is 12.3 Å². The number of ketones is 2. The third-order valence-corrected chi connectivity index (χ3v) is 19.1. The van der Waals surface area contributed by atoms with Crippen LogP contribution in [0.2, 0.25) is 0 Å². The van der Waals surface area contributed by atoms with Gasteiger partial charge < -0.3 is 53.5 Å². The van der Waals surface area contributed by atoms with E-state index in [1.807, 2.05) is 26.0 Å². The summed E-state index contributed by atoms with van der Waals surface area (Å²) in [4.78, 5) is 60.3. The highest BCUT2D eigenvalue weighted by Gasteiger charge is 2.71. The van der Waals surface area contributed by atoms with Crippen LogP contribution in [0, 0.1) is 40.4 Å². The van der Waals surface area contributed by atoms with Gasteiger partial charge in [0.2, 0.25) is 0 Å². The van der Waals surface area contributed by atoms with Crippen molar-refractivity contribution in [2.75, 3.05) is 59.3 Å². The zero-order valence-electron chi connectivity index (χ0n) is 46.1. The number of esters is 1. The van der Waals surface area contributed by atoms with Gasteiger partial charge in [-0.15, -0.1) is 0 Å². The van der Waals surface area contributed by atoms with Crippen LogP contribution < -0.4 is 10.1 Å². The summed E-state index contributed by atoms with van der Waals surface area (Å²) in [6.45, 7) is 10.6. The van der Waals surface area contributed by atoms with E-state index in [-0.39, 0.29) is 64.7 Å². The highest BCUT2D eigenvalue weighted by atomic mass is 31.2. The lowest BCUT2D eigenvalue weighted by molar-refractivity contribution is -0.931. The zero-order valence-corrected chi connectivity index (χ0v) is 47.0. The maximum Gasteiger partial charge on any atom is 0.472 e. The Balaban J connectivity index is 0.877. The number of carbonyl (C=O) groups is 3. The van der Waals surface area contributed by atoms with Gasteiger partial charge in [0.25, 0.3) is 0 Å². The van der Waals surface area contributed by atoms with Crippen molar-refractivity contribution in [3.8, 4) is 5.75 Å². The summed E-state index contributed by atoms with van der Waals surface area (Å²) in [6.07, 6.45) is 16.8. The standard InChI is InChI=1S/C60H87N2O14P/c1-5-62(6-2,37-44-33-43(24-27-51(44)73-40-74-77(68,69)70)49(65)36-61-30-16-7-8-17-31-71-32-18-15-21-41-19-11-9-12-20-41)38-52(67)72-39-50(66)55-57-56(75-58(76-57)42-22-13-10-14-23-42)54-47-26-25-45-34-46(63)28-29-59(45,3)53(47)48(64)35-60(54,55)4/h9,11-12,19-20,24,27-29,33-34,42,47-49,53-58,61,64-65H,5-8,10,13-18,21-23,25-26,30-32,35-40H2,1-4H3,(H-,68,69,70)/p+1/t47?,48-,49?,53?,54?,55-,56?,57+,58+,59-,60-/m0/s1. The lowest BCUT2D eigenvalue weighted by atomic mass is 9.46. The van der Waals surface area contributed by atoms with E-state index < -0.39 is 68.5 Å². The zero-order chi connectivity index (χ0) is 54.8. The van der Waals surface area contributed by atoms with Gasteiger partial charge in [0.15, 0.2) is 37.8 Å². The Morgan fingerprint density at radius 1 is 0.909 bits per heavy atom. The number of aliphatic hydroxyl groups excluding tert-OH is 2. The SMILES string of the molecule is CC[N+](CC)(CC(=O)OCC(=O)[C@H]1[C@H]2O[C@H](C3CCCCC3)OC2C2C3CCC4=CC(=O)C=C[C@]4(C)C3[C@@H](O)C[C@@]21C)Cc1cc(C(O)CNCCCCCCOCCCCc2ccccc2)ccc1OCOP(=O)(O)O. The summed E-state index contributed by atoms with van der Waals surface area (Å²) in [5.74, 6) is -1.31. The van der Waals surface area contributed by atoms with Crippen LogP contribution in [0.25, 0.3) is 0 Å². The number of quaternary nitrogens is 1. The van der Waals surface area contributed by atoms with Gasteiger partial charge in [0, 0.05) is 42.6 Å². The minimum Gasteiger partial charge on any atom is -0.466 e. The Bertz CT molecular complexity index is 2400. The number of hydrogen-bond donors (Lipinski definition) is 5. The van der Waals surface area contributed by atoms with Crippen molar-refractivity contribution in [2.24, 2.45) is 40.4 Å². The van der Waals surface area contributed by atoms with Crippen molar-refractivity contribution in [1.29, 1.82) is 0 Å². The minimum atomic E-state index is -4.84. The fraction of sp³-hybridized carbons (Fsp3) is 0.683. The van der Waals surface area contributed by atoms with Crippen LogP contribution in [0.1, 0.15) is 140 Å². The van der Waals surface area contributed by atoms with E-state index in [4.69, 9.17) is 23.7 Å². The van der Waals surface area contributed by atoms with Crippen molar-refractivity contribution in [3.05, 3.63) is 89.0 Å². The third-order valence-electron chi connectivity index (χ3n) is 18.6. The molecule has 0 bridgehead atoms. The lowest BCUT2D eigenvalue weighted by Gasteiger charge is -2.59. The Kier molecular flexibility index (Phi) is 20.7. The third kappa shape index (κ3) is 14.5. The maximum atomic E-state index is 14.9. The van der Waals surface area contributed by atoms with E-state index in [1.165, 1.54) is 12.0 Å². The van der Waals surface area contributed by atoms with E-state index in [2.05, 4.69) is 48.0 Å². The maximum absolute atomic E-state index is 14.9. The fourth-order valence-electron chi connectivity index (χ4n) is 14.5. The van der Waals surface area contributed by atoms with Gasteiger partial charge in [-0.1, -0.05) is 94.0 Å². The molecule has 77 heavy (non-hydrogen) atoms. The first-order chi connectivity index (χ1) is 37.0. The average Bonchev–Trinajstić information content (AvgIpc) is 4.17. The molecule has 426 valence electrons. The van der Waals surface area contributed by atoms with Crippen LogP contribution in [0.5, 0.6) is 5.75 Å². The summed E-state index contributed by atoms with van der Waals surface area (Å²) in [7, 11) is -4.84. The van der Waals surface area contributed by atoms with E-state index in [0.717, 1.165) is 102 Å². The molecule has 5 fully saturated rings. The van der Waals surface area contributed by atoms with E-state index in [0.29, 0.717) is 43.6 Å². The molecule has 17 heteroatoms. The van der Waals surface area contributed by atoms with Gasteiger partial charge in [-0.25, -0.2) is 13.9 Å². The number of rotatable bonds is 29. The van der Waals surface area contributed by atoms with E-state index in [9.17, 15) is 38.9 Å². The molecule has 1 saturated heterocycles. The largest absolute Gasteiger partial charge is 0.472 e. The van der Waals surface area contributed by atoms with Crippen LogP contribution in [0.15, 0.2) is 72.3 Å². The number of ether oxygens (including phenoxy) is 5. The number of benzene rings is 2. The molecular weight excluding hydrogens is 1000 g/mol. The molecule has 1 heterocycles. The van der Waals surface area contributed by atoms with Crippen LogP contribution in [0.4, 0.5) is 0 Å². The molecule has 0 aromatic heterocycles. The average molecular weight is 1090 g/mol. The smallest absolute Gasteiger partial charge is 0.466 e. The number of phosphoric acid groups is 1. The molecule has 16 nitrogen and oxygen atoms in total. The molecule has 0 spiro atoms. The van der Waals surface area contributed by atoms with Crippen LogP contribution >= 0.6 is 7.82 Å². The van der Waals surface area contributed by atoms with Gasteiger partial charge in [-0.3, -0.25) is 9.59 Å². The van der Waals surface area contributed by atoms with Crippen LogP contribution in [0.3, 0.4) is 0 Å². The molecule has 5 N–H and O–H groups in total. The van der Waals surface area contributed by atoms with Crippen molar-refractivity contribution in [3.63, 3.8) is 0 Å². The van der Waals surface area contributed by atoms with Gasteiger partial charge in [0.05, 0.1) is 43.4 Å². The predicted molar refractivity (Wildman–Crippen MR) is 290 cm³/mol. The van der Waals surface area contributed by atoms with Crippen molar-refractivity contribution in [2.45, 2.75) is 161 Å². The summed E-state index contributed by atoms with van der Waals surface area (Å²) < 4.78 is 47.9. The summed E-state index contributed by atoms with van der Waals surface area (Å²) >= 11 is 0. The van der Waals surface area contributed by atoms with Crippen LogP contribution in [-0.2, 0) is 55.4 Å². The Hall–Kier alpha value is -3.64. The van der Waals surface area contributed by atoms with Crippen LogP contribution in [-0.4, -0.2) is 126 Å². The Morgan fingerprint density at radius 3 is 2.38 bits per heavy atom. The number of phosphoric ester groups is 1. The predicted octanol–water partition coefficient (Wildman–Crippen LogP) is 8.63. The summed E-state index contributed by atoms with van der Waals surface area (Å²) in [5, 5.41) is 27.0. The number of hydrogen-bond acceptors (Lipinski definition) is 13. The summed E-state index contributed by atoms with van der Waals surface area (Å²) in [5.41, 5.74) is 2.39. The molecule has 0 amide bonds. The van der Waals surface area contributed by atoms with E-state index >= 15 is 0 Å². The highest BCUT2D eigenvalue weighted by Crippen LogP contribution is 2.68. The molecular formula is C60H88N2O14P+. The molecule has 2 aromatic carbocycles. The fourth-order valence-corrected chi connectivity index (χ4v) is 14.7. The number of carbonyl (C=O) groups excluding carboxylic acids is 3. The lowest BCUT2D eigenvalue weighted by Crippen LogP contribution is -2.58. The highest BCUT2D eigenvalue weighted by molar-refractivity contribution is 7.46. The number of nitrogens with one attached hydrogen (secondary N) is 1. The minimum absolute atomic E-state index is 0.00248. The number of fused-ring (bicyclic) bond motifs is 7. The van der Waals surface area contributed by atoms with Crippen molar-refractivity contribution < 1.29 is 71.6 Å². The molecule has 8 rings (SSSR count). The quantitative estimate of drug-likeness (QED) is 0.0169. The second kappa shape index (κ2) is 26.8. The number of Topliss-reactive ketones (excluding diaryl/α,β-unsaturated/α-hetero) is 1. The number of aliphatic hydroxyl groups is 2. The molecule has 11 atom stereocenters. The number of nitrogens with zero attached hydrogens (tertiary/aromatic N) is 1. The first-order valence-corrected chi connectivity index (χ1v) is 30.4. The van der Waals surface area contributed by atoms with Crippen molar-refractivity contribution in [1.82, 2.24) is 5.32 Å². The normalized spacial score (nSPS) is 29.5. The van der Waals surface area contributed by atoms with E-state index in [1.54, 1.807) is 30.4 Å². The molecule has 5 unspecified atom stereocenters. The topological polar surface area (TPSA) is 217 Å². The number of allylic oxidation sites excluding steroid dienone is 4. The summed E-state index contributed by atoms with van der Waals surface area (Å²) in [6, 6.07) is 15.6. The molecule has 0 radical (unpaired) electrons.